The second-order valence-corrected chi connectivity index (χ2v) is 5.39. The number of para-hydroxylation sites is 1. The van der Waals surface area contributed by atoms with Crippen molar-refractivity contribution in [2.45, 2.75) is 33.6 Å². The van der Waals surface area contributed by atoms with Gasteiger partial charge in [0.25, 0.3) is 0 Å². The van der Waals surface area contributed by atoms with Gasteiger partial charge in [0.2, 0.25) is 0 Å². The van der Waals surface area contributed by atoms with Crippen LogP contribution in [0.5, 0.6) is 5.75 Å². The number of benzene rings is 1. The van der Waals surface area contributed by atoms with Crippen LogP contribution in [0.1, 0.15) is 39.2 Å². The summed E-state index contributed by atoms with van der Waals surface area (Å²) in [6.07, 6.45) is 7.96. The molecule has 0 heterocycles. The molecule has 3 heteroatoms. The Bertz CT molecular complexity index is 534. The summed E-state index contributed by atoms with van der Waals surface area (Å²) in [5.41, 5.74) is 3.46. The van der Waals surface area contributed by atoms with Crippen molar-refractivity contribution < 1.29 is 9.48 Å². The molecule has 0 saturated carbocycles. The molecule has 0 bridgehead atoms. The number of ether oxygens (including phenoxy) is 1. The molecule has 1 aromatic rings. The van der Waals surface area contributed by atoms with E-state index in [2.05, 4.69) is 32.9 Å². The van der Waals surface area contributed by atoms with Crippen LogP contribution in [0, 0.1) is 5.21 Å². The van der Waals surface area contributed by atoms with Crippen LogP contribution in [0.4, 0.5) is 0 Å². The normalized spacial score (nSPS) is 12.2. The van der Waals surface area contributed by atoms with E-state index in [1.165, 1.54) is 24.4 Å². The summed E-state index contributed by atoms with van der Waals surface area (Å²) in [7, 11) is 1.46. The van der Waals surface area contributed by atoms with E-state index in [4.69, 9.17) is 4.74 Å². The average molecular weight is 287 g/mol. The Labute approximate surface area is 127 Å². The van der Waals surface area contributed by atoms with Crippen molar-refractivity contribution in [2.24, 2.45) is 0 Å². The third kappa shape index (κ3) is 7.35. The van der Waals surface area contributed by atoms with Gasteiger partial charge in [-0.05, 0) is 51.8 Å². The second-order valence-electron chi connectivity index (χ2n) is 5.39. The minimum atomic E-state index is 0.522. The minimum absolute atomic E-state index is 0.522. The first-order valence-corrected chi connectivity index (χ1v) is 7.24. The van der Waals surface area contributed by atoms with Gasteiger partial charge in [-0.15, -0.1) is 0 Å². The van der Waals surface area contributed by atoms with Crippen LogP contribution in [-0.4, -0.2) is 24.6 Å². The highest BCUT2D eigenvalue weighted by molar-refractivity contribution is 5.79. The predicted molar refractivity (Wildman–Crippen MR) is 89.1 cm³/mol. The lowest BCUT2D eigenvalue weighted by Gasteiger charge is -2.07. The quantitative estimate of drug-likeness (QED) is 0.246. The summed E-state index contributed by atoms with van der Waals surface area (Å²) in [6.45, 7) is 6.87. The monoisotopic (exact) mass is 287 g/mol. The van der Waals surface area contributed by atoms with Gasteiger partial charge >= 0.3 is 0 Å². The van der Waals surface area contributed by atoms with Crippen molar-refractivity contribution in [1.29, 1.82) is 0 Å². The fourth-order valence-corrected chi connectivity index (χ4v) is 1.88. The van der Waals surface area contributed by atoms with E-state index >= 15 is 0 Å². The molecule has 0 aliphatic rings. The Kier molecular flexibility index (Phi) is 7.30. The van der Waals surface area contributed by atoms with E-state index in [1.807, 2.05) is 24.3 Å². The molecule has 114 valence electrons. The molecule has 0 aliphatic heterocycles. The number of hydrogen-bond donors (Lipinski definition) is 0. The molecule has 1 rings (SSSR count). The molecule has 0 fully saturated rings. The standard InChI is InChI=1S/C18H25NO2/c1-15(2)8-7-9-16(3)12-13-21-18-11-6-5-10-17(18)14-19(4)20/h5-6,8,10-12,14H,7,9,13H2,1-4H3/b16-12+,19-14-. The van der Waals surface area contributed by atoms with Gasteiger partial charge in [-0.25, -0.2) is 4.74 Å². The maximum atomic E-state index is 11.1. The van der Waals surface area contributed by atoms with Gasteiger partial charge in [-0.2, -0.15) is 0 Å². The average Bonchev–Trinajstić information content (AvgIpc) is 2.39. The Morgan fingerprint density at radius 2 is 1.90 bits per heavy atom. The van der Waals surface area contributed by atoms with Gasteiger partial charge < -0.3 is 9.94 Å². The van der Waals surface area contributed by atoms with Gasteiger partial charge in [0, 0.05) is 0 Å². The van der Waals surface area contributed by atoms with Gasteiger partial charge in [0.1, 0.15) is 19.4 Å². The number of rotatable bonds is 7. The molecular weight excluding hydrogens is 262 g/mol. The fraction of sp³-hybridized carbons (Fsp3) is 0.389. The zero-order valence-corrected chi connectivity index (χ0v) is 13.4. The van der Waals surface area contributed by atoms with Crippen molar-refractivity contribution in [1.82, 2.24) is 0 Å². The molecule has 1 aromatic carbocycles. The van der Waals surface area contributed by atoms with E-state index in [9.17, 15) is 5.21 Å². The van der Waals surface area contributed by atoms with Crippen LogP contribution >= 0.6 is 0 Å². The smallest absolute Gasteiger partial charge is 0.185 e. The van der Waals surface area contributed by atoms with Crippen LogP contribution in [0.15, 0.2) is 47.6 Å². The summed E-state index contributed by atoms with van der Waals surface area (Å²) in [4.78, 5) is 0. The number of hydrogen-bond acceptors (Lipinski definition) is 2. The van der Waals surface area contributed by atoms with Gasteiger partial charge in [0.15, 0.2) is 6.21 Å². The third-order valence-electron chi connectivity index (χ3n) is 3.00. The van der Waals surface area contributed by atoms with Crippen molar-refractivity contribution in [3.8, 4) is 5.75 Å². The Hall–Kier alpha value is -2.03. The van der Waals surface area contributed by atoms with Gasteiger partial charge in [0.05, 0.1) is 5.56 Å². The van der Waals surface area contributed by atoms with Crippen LogP contribution in [0.2, 0.25) is 0 Å². The first-order valence-electron chi connectivity index (χ1n) is 7.24. The molecule has 3 nitrogen and oxygen atoms in total. The van der Waals surface area contributed by atoms with Crippen LogP contribution in [0.25, 0.3) is 0 Å². The molecule has 0 unspecified atom stereocenters. The van der Waals surface area contributed by atoms with Gasteiger partial charge in [-0.3, -0.25) is 0 Å². The first kappa shape index (κ1) is 17.0. The summed E-state index contributed by atoms with van der Waals surface area (Å²) in [5, 5.41) is 11.1. The first-order chi connectivity index (χ1) is 9.99. The van der Waals surface area contributed by atoms with E-state index < -0.39 is 0 Å². The second kappa shape index (κ2) is 9.01. The lowest BCUT2D eigenvalue weighted by Crippen LogP contribution is -2.02. The molecule has 0 aromatic heterocycles. The molecule has 0 N–H and O–H groups in total. The molecule has 0 spiro atoms. The molecule has 0 atom stereocenters. The highest BCUT2D eigenvalue weighted by atomic mass is 16.5. The minimum Gasteiger partial charge on any atom is -0.624 e. The molecular formula is C18H25NO2. The van der Waals surface area contributed by atoms with E-state index in [0.717, 1.165) is 28.9 Å². The topological polar surface area (TPSA) is 35.3 Å². The van der Waals surface area contributed by atoms with Crippen molar-refractivity contribution in [3.63, 3.8) is 0 Å². The molecule has 21 heavy (non-hydrogen) atoms. The number of allylic oxidation sites excluding steroid dienone is 3. The largest absolute Gasteiger partial charge is 0.624 e. The van der Waals surface area contributed by atoms with Crippen LogP contribution in [0.3, 0.4) is 0 Å². The number of hydroxylamine groups is 1. The van der Waals surface area contributed by atoms with E-state index in [0.29, 0.717) is 6.61 Å². The SMILES string of the molecule is CC(C)=CCC/C(C)=C/COc1ccccc1/C=[N+](/C)[O-]. The van der Waals surface area contributed by atoms with Crippen LogP contribution in [-0.2, 0) is 0 Å². The lowest BCUT2D eigenvalue weighted by molar-refractivity contribution is -0.416. The summed E-state index contributed by atoms with van der Waals surface area (Å²) in [6, 6.07) is 7.54. The van der Waals surface area contributed by atoms with Crippen LogP contribution < -0.4 is 4.74 Å². The zero-order chi connectivity index (χ0) is 15.7. The maximum absolute atomic E-state index is 11.1. The third-order valence-corrected chi connectivity index (χ3v) is 3.00. The van der Waals surface area contributed by atoms with Crippen molar-refractivity contribution in [3.05, 3.63) is 58.3 Å². The maximum Gasteiger partial charge on any atom is 0.185 e. The summed E-state index contributed by atoms with van der Waals surface area (Å²) < 4.78 is 6.53. The van der Waals surface area contributed by atoms with Crippen molar-refractivity contribution in [2.75, 3.05) is 13.7 Å². The summed E-state index contributed by atoms with van der Waals surface area (Å²) >= 11 is 0. The Morgan fingerprint density at radius 3 is 2.57 bits per heavy atom. The highest BCUT2D eigenvalue weighted by Crippen LogP contribution is 2.16. The number of nitrogens with zero attached hydrogens (tertiary/aromatic N) is 1. The molecule has 0 radical (unpaired) electrons. The molecule has 0 amide bonds. The molecule has 0 aliphatic carbocycles. The Morgan fingerprint density at radius 1 is 1.19 bits per heavy atom. The van der Waals surface area contributed by atoms with Crippen molar-refractivity contribution >= 4 is 6.21 Å². The zero-order valence-electron chi connectivity index (χ0n) is 13.4. The van der Waals surface area contributed by atoms with E-state index in [1.54, 1.807) is 0 Å². The van der Waals surface area contributed by atoms with E-state index in [-0.39, 0.29) is 0 Å². The highest BCUT2D eigenvalue weighted by Gasteiger charge is 2.02. The predicted octanol–water partition coefficient (Wildman–Crippen LogP) is 4.32. The molecule has 0 saturated heterocycles. The van der Waals surface area contributed by atoms with Gasteiger partial charge in [-0.1, -0.05) is 29.4 Å². The summed E-state index contributed by atoms with van der Waals surface area (Å²) in [5.74, 6) is 0.730. The lowest BCUT2D eigenvalue weighted by atomic mass is 10.1. The Balaban J connectivity index is 2.56. The fourth-order valence-electron chi connectivity index (χ4n) is 1.88.